The molecule has 4 rings (SSSR count). The number of nitrogens with one attached hydrogen (secondary N) is 1. The Labute approximate surface area is 193 Å². The molecule has 1 saturated heterocycles. The van der Waals surface area contributed by atoms with E-state index in [-0.39, 0.29) is 24.0 Å². The molecular weight excluding hydrogens is 456 g/mol. The molecule has 0 saturated carbocycles. The zero-order valence-electron chi connectivity index (χ0n) is 17.2. The van der Waals surface area contributed by atoms with Gasteiger partial charge < -0.3 is 10.2 Å². The number of fused-ring (bicyclic) bond motifs is 1. The molecule has 0 aliphatic carbocycles. The number of hydrogen-bond acceptors (Lipinski definition) is 4. The van der Waals surface area contributed by atoms with E-state index in [0.29, 0.717) is 37.6 Å². The van der Waals surface area contributed by atoms with Crippen LogP contribution in [0.2, 0.25) is 5.02 Å². The van der Waals surface area contributed by atoms with Crippen LogP contribution in [0.1, 0.15) is 12.0 Å². The van der Waals surface area contributed by atoms with Crippen LogP contribution in [-0.4, -0.2) is 54.3 Å². The van der Waals surface area contributed by atoms with Crippen molar-refractivity contribution in [1.82, 2.24) is 9.80 Å². The summed E-state index contributed by atoms with van der Waals surface area (Å²) >= 11 is 7.71. The number of nitrogens with zero attached hydrogens (tertiary/aromatic N) is 2. The SMILES string of the molecule is O=C(CN1CCCN(C(=O)Cc2csc3ccc(Cl)cc23)CC1)Nc1ccc(F)cc1F. The average molecular weight is 478 g/mol. The Morgan fingerprint density at radius 3 is 2.72 bits per heavy atom. The first-order chi connectivity index (χ1) is 15.4. The molecule has 1 aromatic heterocycles. The predicted octanol–water partition coefficient (Wildman–Crippen LogP) is 4.55. The lowest BCUT2D eigenvalue weighted by Gasteiger charge is -2.22. The molecule has 1 aliphatic heterocycles. The molecule has 0 spiro atoms. The van der Waals surface area contributed by atoms with Crippen LogP contribution in [0.4, 0.5) is 14.5 Å². The molecule has 0 atom stereocenters. The largest absolute Gasteiger partial charge is 0.341 e. The Hall–Kier alpha value is -2.55. The molecule has 0 bridgehead atoms. The van der Waals surface area contributed by atoms with Crippen molar-refractivity contribution in [2.45, 2.75) is 12.8 Å². The third-order valence-corrected chi connectivity index (χ3v) is 6.72. The van der Waals surface area contributed by atoms with E-state index < -0.39 is 11.6 Å². The van der Waals surface area contributed by atoms with E-state index in [4.69, 9.17) is 11.6 Å². The van der Waals surface area contributed by atoms with Gasteiger partial charge in [-0.3, -0.25) is 14.5 Å². The zero-order valence-corrected chi connectivity index (χ0v) is 18.8. The van der Waals surface area contributed by atoms with Crippen molar-refractivity contribution in [1.29, 1.82) is 0 Å². The van der Waals surface area contributed by atoms with Gasteiger partial charge in [0.25, 0.3) is 0 Å². The zero-order chi connectivity index (χ0) is 22.7. The highest BCUT2D eigenvalue weighted by molar-refractivity contribution is 7.17. The van der Waals surface area contributed by atoms with Gasteiger partial charge in [-0.15, -0.1) is 11.3 Å². The van der Waals surface area contributed by atoms with Crippen molar-refractivity contribution >= 4 is 50.5 Å². The number of rotatable bonds is 5. The molecule has 1 fully saturated rings. The van der Waals surface area contributed by atoms with E-state index in [1.807, 2.05) is 33.4 Å². The van der Waals surface area contributed by atoms with Crippen LogP contribution in [0.5, 0.6) is 0 Å². The monoisotopic (exact) mass is 477 g/mol. The molecule has 3 aromatic rings. The van der Waals surface area contributed by atoms with Crippen LogP contribution in [-0.2, 0) is 16.0 Å². The second-order valence-electron chi connectivity index (χ2n) is 7.76. The third kappa shape index (κ3) is 5.43. The summed E-state index contributed by atoms with van der Waals surface area (Å²) in [6.45, 7) is 2.40. The van der Waals surface area contributed by atoms with Gasteiger partial charge in [-0.05, 0) is 53.1 Å². The maximum Gasteiger partial charge on any atom is 0.238 e. The fourth-order valence-electron chi connectivity index (χ4n) is 3.83. The fraction of sp³-hybridized carbons (Fsp3) is 0.304. The van der Waals surface area contributed by atoms with Gasteiger partial charge in [0.1, 0.15) is 11.6 Å². The van der Waals surface area contributed by atoms with Gasteiger partial charge in [-0.1, -0.05) is 11.6 Å². The lowest BCUT2D eigenvalue weighted by molar-refractivity contribution is -0.130. The topological polar surface area (TPSA) is 52.7 Å². The number of carbonyl (C=O) groups excluding carboxylic acids is 2. The number of hydrogen-bond donors (Lipinski definition) is 1. The maximum absolute atomic E-state index is 13.8. The van der Waals surface area contributed by atoms with Crippen LogP contribution in [0.25, 0.3) is 10.1 Å². The van der Waals surface area contributed by atoms with E-state index in [0.717, 1.165) is 34.2 Å². The molecule has 2 amide bonds. The van der Waals surface area contributed by atoms with Gasteiger partial charge in [0.05, 0.1) is 18.7 Å². The molecule has 32 heavy (non-hydrogen) atoms. The highest BCUT2D eigenvalue weighted by Crippen LogP contribution is 2.29. The van der Waals surface area contributed by atoms with Crippen LogP contribution in [0, 0.1) is 11.6 Å². The molecule has 0 unspecified atom stereocenters. The molecular formula is C23H22ClF2N3O2S. The summed E-state index contributed by atoms with van der Waals surface area (Å²) in [6.07, 6.45) is 1.05. The molecule has 1 aliphatic rings. The summed E-state index contributed by atoms with van der Waals surface area (Å²) < 4.78 is 27.9. The minimum atomic E-state index is -0.812. The summed E-state index contributed by atoms with van der Waals surface area (Å²) in [7, 11) is 0. The van der Waals surface area contributed by atoms with E-state index in [1.54, 1.807) is 11.3 Å². The van der Waals surface area contributed by atoms with E-state index >= 15 is 0 Å². The predicted molar refractivity (Wildman–Crippen MR) is 123 cm³/mol. The number of halogens is 3. The lowest BCUT2D eigenvalue weighted by Crippen LogP contribution is -2.38. The Morgan fingerprint density at radius 2 is 1.91 bits per heavy atom. The molecule has 0 radical (unpaired) electrons. The Balaban J connectivity index is 1.31. The molecule has 2 aromatic carbocycles. The van der Waals surface area contributed by atoms with E-state index in [1.165, 1.54) is 6.07 Å². The Morgan fingerprint density at radius 1 is 1.06 bits per heavy atom. The minimum Gasteiger partial charge on any atom is -0.341 e. The van der Waals surface area contributed by atoms with Crippen molar-refractivity contribution in [3.05, 3.63) is 64.0 Å². The van der Waals surface area contributed by atoms with Crippen molar-refractivity contribution in [3.63, 3.8) is 0 Å². The van der Waals surface area contributed by atoms with Gasteiger partial charge in [0, 0.05) is 42.0 Å². The normalized spacial score (nSPS) is 15.0. The second-order valence-corrected chi connectivity index (χ2v) is 9.11. The summed E-state index contributed by atoms with van der Waals surface area (Å²) in [5.41, 5.74) is 0.922. The Bertz CT molecular complexity index is 1150. The Kier molecular flexibility index (Phi) is 7.03. The van der Waals surface area contributed by atoms with Gasteiger partial charge in [-0.25, -0.2) is 8.78 Å². The van der Waals surface area contributed by atoms with Crippen LogP contribution in [0.3, 0.4) is 0 Å². The second kappa shape index (κ2) is 9.94. The minimum absolute atomic E-state index is 0.0457. The summed E-state index contributed by atoms with van der Waals surface area (Å²) in [5.74, 6) is -1.84. The lowest BCUT2D eigenvalue weighted by atomic mass is 10.1. The van der Waals surface area contributed by atoms with Gasteiger partial charge in [0.2, 0.25) is 11.8 Å². The molecule has 168 valence electrons. The first-order valence-corrected chi connectivity index (χ1v) is 11.6. The number of anilines is 1. The van der Waals surface area contributed by atoms with Crippen LogP contribution in [0.15, 0.2) is 41.8 Å². The first kappa shape index (κ1) is 22.6. The van der Waals surface area contributed by atoms with Crippen LogP contribution >= 0.6 is 22.9 Å². The summed E-state index contributed by atoms with van der Waals surface area (Å²) in [5, 5.41) is 6.14. The smallest absolute Gasteiger partial charge is 0.238 e. The van der Waals surface area contributed by atoms with Crippen molar-refractivity contribution in [2.75, 3.05) is 38.0 Å². The van der Waals surface area contributed by atoms with Crippen molar-refractivity contribution < 1.29 is 18.4 Å². The molecule has 9 heteroatoms. The first-order valence-electron chi connectivity index (χ1n) is 10.3. The van der Waals surface area contributed by atoms with E-state index in [9.17, 15) is 18.4 Å². The van der Waals surface area contributed by atoms with Crippen LogP contribution < -0.4 is 5.32 Å². The quantitative estimate of drug-likeness (QED) is 0.586. The van der Waals surface area contributed by atoms with Gasteiger partial charge in [-0.2, -0.15) is 0 Å². The number of carbonyl (C=O) groups is 2. The molecule has 1 N–H and O–H groups in total. The molecule has 2 heterocycles. The van der Waals surface area contributed by atoms with Gasteiger partial charge in [0.15, 0.2) is 0 Å². The third-order valence-electron chi connectivity index (χ3n) is 5.47. The number of amides is 2. The van der Waals surface area contributed by atoms with Gasteiger partial charge >= 0.3 is 0 Å². The highest BCUT2D eigenvalue weighted by Gasteiger charge is 2.22. The number of benzene rings is 2. The van der Waals surface area contributed by atoms with Crippen molar-refractivity contribution in [2.24, 2.45) is 0 Å². The van der Waals surface area contributed by atoms with E-state index in [2.05, 4.69) is 5.32 Å². The molecule has 5 nitrogen and oxygen atoms in total. The average Bonchev–Trinajstić information content (AvgIpc) is 2.98. The fourth-order valence-corrected chi connectivity index (χ4v) is 4.94. The summed E-state index contributed by atoms with van der Waals surface area (Å²) in [6, 6.07) is 8.73. The standard InChI is InChI=1S/C23H22ClF2N3O2S/c24-16-2-5-21-18(11-16)15(14-32-21)10-23(31)29-7-1-6-28(8-9-29)13-22(30)27-20-4-3-17(25)12-19(20)26/h2-5,11-12,14H,1,6-10,13H2,(H,27,30). The number of thiophene rings is 1. The van der Waals surface area contributed by atoms with Crippen molar-refractivity contribution in [3.8, 4) is 0 Å². The maximum atomic E-state index is 13.8. The highest BCUT2D eigenvalue weighted by atomic mass is 35.5. The summed E-state index contributed by atoms with van der Waals surface area (Å²) in [4.78, 5) is 29.0.